The Morgan fingerprint density at radius 1 is 1.08 bits per heavy atom. The molecule has 0 radical (unpaired) electrons. The van der Waals surface area contributed by atoms with E-state index in [1.807, 2.05) is 0 Å². The highest BCUT2D eigenvalue weighted by Crippen LogP contribution is 2.30. The average Bonchev–Trinajstić information content (AvgIpc) is 2.83. The maximum Gasteiger partial charge on any atom is 0.573 e. The molecule has 12 heteroatoms. The third-order valence-electron chi connectivity index (χ3n) is 5.16. The zero-order chi connectivity index (χ0) is 27.2. The number of urea groups is 1. The van der Waals surface area contributed by atoms with Gasteiger partial charge >= 0.3 is 18.4 Å². The Morgan fingerprint density at radius 3 is 2.43 bits per heavy atom. The van der Waals surface area contributed by atoms with Crippen LogP contribution in [0.2, 0.25) is 0 Å². The minimum absolute atomic E-state index is 0.109. The Hall–Kier alpha value is -4.48. The lowest BCUT2D eigenvalue weighted by Gasteiger charge is -2.20. The second-order valence-corrected chi connectivity index (χ2v) is 7.85. The van der Waals surface area contributed by atoms with E-state index in [4.69, 9.17) is 4.74 Å². The molecule has 3 aromatic rings. The summed E-state index contributed by atoms with van der Waals surface area (Å²) < 4.78 is 48.0. The number of nitrogens with one attached hydrogen (secondary N) is 2. The molecular weight excluding hydrogens is 495 g/mol. The highest BCUT2D eigenvalue weighted by Gasteiger charge is 2.31. The van der Waals surface area contributed by atoms with Crippen LogP contribution in [0, 0.1) is 0 Å². The van der Waals surface area contributed by atoms with Crippen molar-refractivity contribution in [2.24, 2.45) is 7.05 Å². The normalized spacial score (nSPS) is 11.9. The van der Waals surface area contributed by atoms with Gasteiger partial charge in [0, 0.05) is 13.2 Å². The molecule has 3 rings (SSSR count). The fourth-order valence-electron chi connectivity index (χ4n) is 3.49. The second kappa shape index (κ2) is 11.5. The first kappa shape index (κ1) is 27.1. The average molecular weight is 519 g/mol. The topological polar surface area (TPSA) is 119 Å². The van der Waals surface area contributed by atoms with Crippen molar-refractivity contribution >= 4 is 17.7 Å². The van der Waals surface area contributed by atoms with Gasteiger partial charge in [-0.05, 0) is 47.9 Å². The molecule has 2 amide bonds. The van der Waals surface area contributed by atoms with Crippen molar-refractivity contribution in [1.82, 2.24) is 9.88 Å². The molecule has 1 aromatic heterocycles. The second-order valence-electron chi connectivity index (χ2n) is 7.85. The summed E-state index contributed by atoms with van der Waals surface area (Å²) in [6.07, 6.45) is -3.80. The standard InChI is InChI=1S/C25H24F3N3O6/c1-3-36-21(33)14-19(29-24(35)30-22-20(32)10-11-31(2)23(22)34)17-8-4-6-15(12-17)16-7-5-9-18(13-16)37-25(26,27)28/h4-13,19,32H,3,14H2,1-2H3,(H2,29,30,35)/t19-/m0/s1. The fraction of sp³-hybridized carbons (Fsp3) is 0.240. The fourth-order valence-corrected chi connectivity index (χ4v) is 3.49. The van der Waals surface area contributed by atoms with Gasteiger partial charge in [-0.25, -0.2) is 4.79 Å². The number of carbonyl (C=O) groups excluding carboxylic acids is 2. The maximum atomic E-state index is 12.7. The molecule has 2 aromatic carbocycles. The van der Waals surface area contributed by atoms with E-state index in [2.05, 4.69) is 15.4 Å². The molecule has 0 fully saturated rings. The van der Waals surface area contributed by atoms with E-state index >= 15 is 0 Å². The van der Waals surface area contributed by atoms with Crippen LogP contribution in [-0.2, 0) is 16.6 Å². The van der Waals surface area contributed by atoms with Crippen molar-refractivity contribution in [3.05, 3.63) is 76.7 Å². The highest BCUT2D eigenvalue weighted by molar-refractivity contribution is 5.91. The smallest absolute Gasteiger partial charge is 0.505 e. The van der Waals surface area contributed by atoms with E-state index in [0.29, 0.717) is 16.7 Å². The number of anilines is 1. The lowest BCUT2D eigenvalue weighted by atomic mass is 9.97. The number of nitrogens with zero attached hydrogens (tertiary/aromatic N) is 1. The number of halogens is 3. The first-order chi connectivity index (χ1) is 17.5. The van der Waals surface area contributed by atoms with Crippen molar-refractivity contribution in [1.29, 1.82) is 0 Å². The molecule has 0 aliphatic carbocycles. The van der Waals surface area contributed by atoms with Gasteiger partial charge in [0.05, 0.1) is 19.1 Å². The molecular formula is C25H24F3N3O6. The zero-order valence-corrected chi connectivity index (χ0v) is 19.8. The van der Waals surface area contributed by atoms with Crippen molar-refractivity contribution in [3.63, 3.8) is 0 Å². The van der Waals surface area contributed by atoms with Crippen LogP contribution in [0.1, 0.15) is 24.9 Å². The number of aromatic hydroxyl groups is 1. The zero-order valence-electron chi connectivity index (χ0n) is 19.8. The van der Waals surface area contributed by atoms with E-state index in [1.165, 1.54) is 37.5 Å². The minimum Gasteiger partial charge on any atom is -0.505 e. The number of hydrogen-bond donors (Lipinski definition) is 3. The number of esters is 1. The number of amides is 2. The minimum atomic E-state index is -4.85. The summed E-state index contributed by atoms with van der Waals surface area (Å²) in [6, 6.07) is 11.2. The number of ether oxygens (including phenoxy) is 2. The molecule has 1 heterocycles. The molecule has 0 spiro atoms. The van der Waals surface area contributed by atoms with Crippen LogP contribution in [-0.4, -0.2) is 34.6 Å². The summed E-state index contributed by atoms with van der Waals surface area (Å²) >= 11 is 0. The van der Waals surface area contributed by atoms with Gasteiger partial charge in [-0.2, -0.15) is 0 Å². The van der Waals surface area contributed by atoms with Crippen molar-refractivity contribution in [2.75, 3.05) is 11.9 Å². The summed E-state index contributed by atoms with van der Waals surface area (Å²) in [5.41, 5.74) is 0.331. The van der Waals surface area contributed by atoms with Crippen LogP contribution >= 0.6 is 0 Å². The Bertz CT molecular complexity index is 1340. The molecule has 196 valence electrons. The number of pyridine rings is 1. The lowest BCUT2D eigenvalue weighted by Crippen LogP contribution is -2.36. The summed E-state index contributed by atoms with van der Waals surface area (Å²) in [5, 5.41) is 14.9. The van der Waals surface area contributed by atoms with Crippen LogP contribution in [0.3, 0.4) is 0 Å². The van der Waals surface area contributed by atoms with E-state index in [-0.39, 0.29) is 18.7 Å². The number of aryl methyl sites for hydroxylation is 1. The molecule has 0 saturated carbocycles. The SMILES string of the molecule is CCOC(=O)C[C@H](NC(=O)Nc1c(O)ccn(C)c1=O)c1cccc(-c2cccc(OC(F)(F)F)c2)c1. The molecule has 3 N–H and O–H groups in total. The van der Waals surface area contributed by atoms with E-state index in [1.54, 1.807) is 37.3 Å². The number of rotatable bonds is 8. The number of aromatic nitrogens is 1. The van der Waals surface area contributed by atoms with Gasteiger partial charge in [-0.3, -0.25) is 9.59 Å². The first-order valence-electron chi connectivity index (χ1n) is 11.0. The summed E-state index contributed by atoms with van der Waals surface area (Å²) in [4.78, 5) is 37.2. The van der Waals surface area contributed by atoms with Crippen LogP contribution in [0.5, 0.6) is 11.5 Å². The monoisotopic (exact) mass is 519 g/mol. The number of carbonyl (C=O) groups is 2. The van der Waals surface area contributed by atoms with Gasteiger partial charge in [0.15, 0.2) is 5.69 Å². The number of hydrogen-bond acceptors (Lipinski definition) is 6. The third kappa shape index (κ3) is 7.50. The summed E-state index contributed by atoms with van der Waals surface area (Å²) in [6.45, 7) is 1.73. The molecule has 37 heavy (non-hydrogen) atoms. The van der Waals surface area contributed by atoms with Crippen LogP contribution in [0.15, 0.2) is 65.6 Å². The van der Waals surface area contributed by atoms with Crippen molar-refractivity contribution in [2.45, 2.75) is 25.7 Å². The van der Waals surface area contributed by atoms with Gasteiger partial charge in [0.2, 0.25) is 0 Å². The molecule has 0 aliphatic rings. The molecule has 9 nitrogen and oxygen atoms in total. The first-order valence-corrected chi connectivity index (χ1v) is 11.0. The Morgan fingerprint density at radius 2 is 1.76 bits per heavy atom. The molecule has 0 bridgehead atoms. The maximum absolute atomic E-state index is 12.7. The molecule has 0 aliphatic heterocycles. The van der Waals surface area contributed by atoms with Gasteiger partial charge < -0.3 is 29.8 Å². The van der Waals surface area contributed by atoms with Crippen molar-refractivity contribution < 1.29 is 37.3 Å². The Balaban J connectivity index is 1.89. The van der Waals surface area contributed by atoms with Crippen LogP contribution in [0.25, 0.3) is 11.1 Å². The quantitative estimate of drug-likeness (QED) is 0.378. The summed E-state index contributed by atoms with van der Waals surface area (Å²) in [7, 11) is 1.44. The Kier molecular flexibility index (Phi) is 8.43. The largest absolute Gasteiger partial charge is 0.573 e. The van der Waals surface area contributed by atoms with E-state index in [9.17, 15) is 32.7 Å². The molecule has 0 unspecified atom stereocenters. The highest BCUT2D eigenvalue weighted by atomic mass is 19.4. The van der Waals surface area contributed by atoms with Crippen molar-refractivity contribution in [3.8, 4) is 22.6 Å². The number of alkyl halides is 3. The van der Waals surface area contributed by atoms with Gasteiger partial charge in [0.25, 0.3) is 5.56 Å². The van der Waals surface area contributed by atoms with Gasteiger partial charge in [-0.15, -0.1) is 13.2 Å². The van der Waals surface area contributed by atoms with E-state index in [0.717, 1.165) is 4.57 Å². The van der Waals surface area contributed by atoms with Gasteiger partial charge in [0.1, 0.15) is 11.5 Å². The molecule has 0 saturated heterocycles. The van der Waals surface area contributed by atoms with Gasteiger partial charge in [-0.1, -0.05) is 30.3 Å². The third-order valence-corrected chi connectivity index (χ3v) is 5.16. The predicted octanol–water partition coefficient (Wildman–Crippen LogP) is 4.47. The van der Waals surface area contributed by atoms with Crippen LogP contribution in [0.4, 0.5) is 23.7 Å². The molecule has 1 atom stereocenters. The number of benzene rings is 2. The predicted molar refractivity (Wildman–Crippen MR) is 128 cm³/mol. The Labute approximate surface area is 209 Å². The van der Waals surface area contributed by atoms with Crippen LogP contribution < -0.4 is 20.9 Å². The lowest BCUT2D eigenvalue weighted by molar-refractivity contribution is -0.274. The summed E-state index contributed by atoms with van der Waals surface area (Å²) in [5.74, 6) is -1.46. The van der Waals surface area contributed by atoms with E-state index < -0.39 is 41.5 Å².